The molecule has 0 spiro atoms. The van der Waals surface area contributed by atoms with Gasteiger partial charge in [-0.3, -0.25) is 9.59 Å². The van der Waals surface area contributed by atoms with Gasteiger partial charge in [0.2, 0.25) is 5.91 Å². The molecule has 0 radical (unpaired) electrons. The number of carbonyl (C=O) groups is 2. The van der Waals surface area contributed by atoms with Crippen LogP contribution >= 0.6 is 0 Å². The molecule has 0 saturated carbocycles. The number of ether oxygens (including phenoxy) is 3. The molecule has 0 aromatic carbocycles. The van der Waals surface area contributed by atoms with Crippen molar-refractivity contribution in [2.24, 2.45) is 0 Å². The maximum Gasteiger partial charge on any atom is 0.305 e. The van der Waals surface area contributed by atoms with E-state index in [2.05, 4.69) is 67.8 Å². The van der Waals surface area contributed by atoms with Crippen LogP contribution in [0.5, 0.6) is 0 Å². The van der Waals surface area contributed by atoms with Crippen molar-refractivity contribution in [2.45, 2.75) is 262 Å². The predicted molar refractivity (Wildman–Crippen MR) is 273 cm³/mol. The molecule has 0 bridgehead atoms. The van der Waals surface area contributed by atoms with Crippen LogP contribution in [0, 0.1) is 0 Å². The van der Waals surface area contributed by atoms with Crippen LogP contribution in [-0.2, 0) is 23.8 Å². The predicted octanol–water partition coefficient (Wildman–Crippen LogP) is 11.5. The zero-order valence-corrected chi connectivity index (χ0v) is 42.3. The maximum absolute atomic E-state index is 13.0. The van der Waals surface area contributed by atoms with E-state index in [0.29, 0.717) is 32.3 Å². The third-order valence-corrected chi connectivity index (χ3v) is 12.4. The van der Waals surface area contributed by atoms with Crippen molar-refractivity contribution in [2.75, 3.05) is 19.8 Å². The van der Waals surface area contributed by atoms with Crippen LogP contribution in [0.3, 0.4) is 0 Å². The van der Waals surface area contributed by atoms with Crippen molar-refractivity contribution in [1.29, 1.82) is 0 Å². The number of allylic oxidation sites excluding steroid dienone is 9. The molecule has 1 saturated heterocycles. The molecule has 1 amide bonds. The fourth-order valence-corrected chi connectivity index (χ4v) is 7.98. The monoisotopic (exact) mass is 946 g/mol. The Balaban J connectivity index is 2.23. The van der Waals surface area contributed by atoms with Gasteiger partial charge in [0.05, 0.1) is 32.0 Å². The van der Waals surface area contributed by atoms with E-state index in [4.69, 9.17) is 14.2 Å². The van der Waals surface area contributed by atoms with Gasteiger partial charge in [0.25, 0.3) is 0 Å². The molecule has 1 rings (SSSR count). The highest BCUT2D eigenvalue weighted by Crippen LogP contribution is 2.23. The lowest BCUT2D eigenvalue weighted by molar-refractivity contribution is -0.302. The molecule has 11 heteroatoms. The second-order valence-corrected chi connectivity index (χ2v) is 18.6. The van der Waals surface area contributed by atoms with Gasteiger partial charge in [-0.25, -0.2) is 0 Å². The number of nitrogens with one attached hydrogen (secondary N) is 1. The highest BCUT2D eigenvalue weighted by Gasteiger charge is 2.44. The average Bonchev–Trinajstić information content (AvgIpc) is 3.32. The molecule has 11 nitrogen and oxygen atoms in total. The Morgan fingerprint density at radius 2 is 1.01 bits per heavy atom. The Morgan fingerprint density at radius 1 is 0.552 bits per heavy atom. The van der Waals surface area contributed by atoms with Crippen LogP contribution in [0.15, 0.2) is 60.8 Å². The first-order valence-electron chi connectivity index (χ1n) is 27.1. The fourth-order valence-electron chi connectivity index (χ4n) is 7.98. The van der Waals surface area contributed by atoms with Crippen LogP contribution < -0.4 is 5.32 Å². The minimum Gasteiger partial charge on any atom is -0.466 e. The smallest absolute Gasteiger partial charge is 0.305 e. The number of hydrogen-bond acceptors (Lipinski definition) is 10. The Morgan fingerprint density at radius 3 is 1.60 bits per heavy atom. The summed E-state index contributed by atoms with van der Waals surface area (Å²) in [5.74, 6) is -0.265. The lowest BCUT2D eigenvalue weighted by Crippen LogP contribution is -2.60. The van der Waals surface area contributed by atoms with E-state index in [1.54, 1.807) is 6.08 Å². The van der Waals surface area contributed by atoms with Crippen LogP contribution in [0.25, 0.3) is 0 Å². The largest absolute Gasteiger partial charge is 0.466 e. The van der Waals surface area contributed by atoms with Crippen molar-refractivity contribution in [1.82, 2.24) is 5.32 Å². The zero-order valence-electron chi connectivity index (χ0n) is 42.3. The Hall–Kier alpha value is -2.64. The molecule has 0 aliphatic carbocycles. The molecular weight excluding hydrogens is 847 g/mol. The third-order valence-electron chi connectivity index (χ3n) is 12.4. The molecule has 7 unspecified atom stereocenters. The first-order valence-corrected chi connectivity index (χ1v) is 27.1. The molecule has 0 aromatic rings. The van der Waals surface area contributed by atoms with Crippen molar-refractivity contribution < 1.29 is 49.3 Å². The van der Waals surface area contributed by atoms with Gasteiger partial charge in [0.1, 0.15) is 24.4 Å². The topological polar surface area (TPSA) is 175 Å². The quantitative estimate of drug-likeness (QED) is 0.0149. The van der Waals surface area contributed by atoms with Gasteiger partial charge >= 0.3 is 5.97 Å². The van der Waals surface area contributed by atoms with Gasteiger partial charge in [-0.05, 0) is 89.9 Å². The van der Waals surface area contributed by atoms with Crippen molar-refractivity contribution >= 4 is 11.9 Å². The normalized spacial score (nSPS) is 20.0. The summed E-state index contributed by atoms with van der Waals surface area (Å²) in [6.07, 6.45) is 47.3. The van der Waals surface area contributed by atoms with Crippen molar-refractivity contribution in [3.05, 3.63) is 60.8 Å². The fraction of sp³-hybridized carbons (Fsp3) is 0.786. The standard InChI is InChI=1S/C56H99NO10/c1-3-5-7-9-11-13-15-19-23-26-30-34-38-42-49(59)48(47-66-56-55(64)54(63)53(62)50(46-58)67-56)57-51(60)43-39-35-31-27-24-20-17-16-18-21-25-29-33-37-41-45-65-52(61)44-40-36-32-28-22-14-12-10-8-6-4-2/h11,13,16,18,21,23,25-26,38,42,48-50,53-56,58-59,62-64H,3-10,12,14-15,17,19-20,22,24,27-37,39-41,43-47H2,1-2H3,(H,57,60)/b13-11+,18-16-,25-21-,26-23+,42-38+. The van der Waals surface area contributed by atoms with Crippen LogP contribution in [0.2, 0.25) is 0 Å². The van der Waals surface area contributed by atoms with Crippen molar-refractivity contribution in [3.63, 3.8) is 0 Å². The van der Waals surface area contributed by atoms with E-state index < -0.39 is 49.5 Å². The summed E-state index contributed by atoms with van der Waals surface area (Å²) >= 11 is 0. The summed E-state index contributed by atoms with van der Waals surface area (Å²) in [5, 5.41) is 54.2. The summed E-state index contributed by atoms with van der Waals surface area (Å²) in [6.45, 7) is 4.19. The number of hydrogen-bond donors (Lipinski definition) is 6. The Kier molecular flexibility index (Phi) is 42.6. The Bertz CT molecular complexity index is 1300. The minimum atomic E-state index is -1.59. The molecule has 1 aliphatic rings. The Labute approximate surface area is 408 Å². The molecule has 388 valence electrons. The summed E-state index contributed by atoms with van der Waals surface area (Å²) in [7, 11) is 0. The number of rotatable bonds is 45. The molecule has 1 fully saturated rings. The third kappa shape index (κ3) is 36.0. The van der Waals surface area contributed by atoms with Gasteiger partial charge in [-0.1, -0.05) is 177 Å². The molecule has 0 aromatic heterocycles. The SMILES string of the molecule is CCCCC/C=C/CC/C=C/CC/C=C/C(O)C(COC1OC(CO)C(O)C(O)C1O)NC(=O)CCCCCCCC/C=C\C=C/CCCCCOC(=O)CCCCCCCCCCCCC. The number of aliphatic hydroxyl groups is 5. The van der Waals surface area contributed by atoms with E-state index in [9.17, 15) is 35.1 Å². The van der Waals surface area contributed by atoms with E-state index in [1.165, 1.54) is 77.0 Å². The summed E-state index contributed by atoms with van der Waals surface area (Å²) in [4.78, 5) is 25.0. The van der Waals surface area contributed by atoms with Gasteiger partial charge < -0.3 is 45.1 Å². The molecule has 1 heterocycles. The second kappa shape index (κ2) is 45.8. The summed E-state index contributed by atoms with van der Waals surface area (Å²) < 4.78 is 16.6. The first-order chi connectivity index (χ1) is 32.7. The lowest BCUT2D eigenvalue weighted by atomic mass is 9.99. The van der Waals surface area contributed by atoms with Gasteiger partial charge in [-0.15, -0.1) is 0 Å². The minimum absolute atomic E-state index is 0.0438. The highest BCUT2D eigenvalue weighted by molar-refractivity contribution is 5.76. The van der Waals surface area contributed by atoms with Crippen LogP contribution in [0.4, 0.5) is 0 Å². The molecule has 7 atom stereocenters. The van der Waals surface area contributed by atoms with Gasteiger partial charge in [-0.2, -0.15) is 0 Å². The van der Waals surface area contributed by atoms with Crippen LogP contribution in [0.1, 0.15) is 219 Å². The number of unbranched alkanes of at least 4 members (excludes halogenated alkanes) is 24. The number of aliphatic hydroxyl groups excluding tert-OH is 5. The molecule has 1 aliphatic heterocycles. The second-order valence-electron chi connectivity index (χ2n) is 18.6. The number of esters is 1. The molecular formula is C56H99NO10. The van der Waals surface area contributed by atoms with E-state index in [-0.39, 0.29) is 18.5 Å². The summed E-state index contributed by atoms with van der Waals surface area (Å²) in [5.41, 5.74) is 0. The van der Waals surface area contributed by atoms with E-state index >= 15 is 0 Å². The van der Waals surface area contributed by atoms with E-state index in [1.807, 2.05) is 6.08 Å². The lowest BCUT2D eigenvalue weighted by Gasteiger charge is -2.40. The highest BCUT2D eigenvalue weighted by atomic mass is 16.7. The number of carbonyl (C=O) groups excluding carboxylic acids is 2. The van der Waals surface area contributed by atoms with Gasteiger partial charge in [0, 0.05) is 12.8 Å². The van der Waals surface area contributed by atoms with E-state index in [0.717, 1.165) is 103 Å². The van der Waals surface area contributed by atoms with Crippen molar-refractivity contribution in [3.8, 4) is 0 Å². The molecule has 6 N–H and O–H groups in total. The number of amides is 1. The zero-order chi connectivity index (χ0) is 48.8. The average molecular weight is 946 g/mol. The molecule has 67 heavy (non-hydrogen) atoms. The maximum atomic E-state index is 13.0. The first kappa shape index (κ1) is 62.4. The van der Waals surface area contributed by atoms with Gasteiger partial charge in [0.15, 0.2) is 6.29 Å². The van der Waals surface area contributed by atoms with Crippen LogP contribution in [-0.4, -0.2) is 100 Å². The summed E-state index contributed by atoms with van der Waals surface area (Å²) in [6, 6.07) is -0.852.